The molecule has 2 aromatic carbocycles. The molecule has 0 aromatic heterocycles. The molecule has 27 heavy (non-hydrogen) atoms. The summed E-state index contributed by atoms with van der Waals surface area (Å²) in [5, 5.41) is 0. The average molecular weight is 369 g/mol. The summed E-state index contributed by atoms with van der Waals surface area (Å²) in [5.41, 5.74) is 4.44. The lowest BCUT2D eigenvalue weighted by Gasteiger charge is -2.32. The lowest BCUT2D eigenvalue weighted by molar-refractivity contribution is -0.126. The van der Waals surface area contributed by atoms with Gasteiger partial charge in [0.25, 0.3) is 0 Å². The Bertz CT molecular complexity index is 752. The minimum absolute atomic E-state index is 0.0666. The number of benzene rings is 2. The van der Waals surface area contributed by atoms with E-state index in [1.54, 1.807) is 7.11 Å². The van der Waals surface area contributed by atoms with Gasteiger partial charge in [-0.1, -0.05) is 42.5 Å². The zero-order valence-corrected chi connectivity index (χ0v) is 15.7. The summed E-state index contributed by atoms with van der Waals surface area (Å²) in [6, 6.07) is 16.0. The van der Waals surface area contributed by atoms with Crippen LogP contribution in [0.4, 0.5) is 0 Å². The molecule has 0 bridgehead atoms. The fourth-order valence-corrected chi connectivity index (χ4v) is 3.51. The van der Waals surface area contributed by atoms with Gasteiger partial charge in [0.1, 0.15) is 6.61 Å². The van der Waals surface area contributed by atoms with E-state index in [4.69, 9.17) is 15.3 Å². The minimum atomic E-state index is -0.0918. The molecule has 6 heteroatoms. The highest BCUT2D eigenvalue weighted by Crippen LogP contribution is 2.33. The molecule has 1 aliphatic heterocycles. The number of para-hydroxylation sites is 1. The molecule has 1 atom stereocenters. The van der Waals surface area contributed by atoms with Crippen molar-refractivity contribution in [3.8, 4) is 11.5 Å². The molecule has 1 unspecified atom stereocenters. The Balaban J connectivity index is 1.73. The Morgan fingerprint density at radius 3 is 2.78 bits per heavy atom. The van der Waals surface area contributed by atoms with Crippen molar-refractivity contribution in [3.05, 3.63) is 59.7 Å². The van der Waals surface area contributed by atoms with Gasteiger partial charge >= 0.3 is 0 Å². The first-order valence-electron chi connectivity index (χ1n) is 9.26. The number of carbonyl (C=O) groups excluding carboxylic acids is 1. The van der Waals surface area contributed by atoms with Crippen molar-refractivity contribution in [3.63, 3.8) is 0 Å². The van der Waals surface area contributed by atoms with Crippen molar-refractivity contribution in [1.82, 2.24) is 10.3 Å². The molecule has 0 saturated carbocycles. The van der Waals surface area contributed by atoms with E-state index in [9.17, 15) is 4.79 Å². The Kier molecular flexibility index (Phi) is 6.68. The summed E-state index contributed by atoms with van der Waals surface area (Å²) in [6.07, 6.45) is 1.84. The van der Waals surface area contributed by atoms with Crippen LogP contribution in [0.2, 0.25) is 0 Å². The van der Waals surface area contributed by atoms with Crippen LogP contribution in [-0.2, 0) is 17.9 Å². The second-order valence-electron chi connectivity index (χ2n) is 6.81. The third-order valence-electron chi connectivity index (χ3n) is 4.92. The quantitative estimate of drug-likeness (QED) is 0.445. The second-order valence-corrected chi connectivity index (χ2v) is 6.81. The number of nitrogens with zero attached hydrogens (tertiary/aromatic N) is 1. The van der Waals surface area contributed by atoms with E-state index in [2.05, 4.69) is 16.4 Å². The normalized spacial score (nSPS) is 17.3. The number of amides is 1. The summed E-state index contributed by atoms with van der Waals surface area (Å²) in [7, 11) is 1.65. The van der Waals surface area contributed by atoms with Gasteiger partial charge in [0.15, 0.2) is 11.5 Å². The summed E-state index contributed by atoms with van der Waals surface area (Å²) < 4.78 is 11.6. The maximum Gasteiger partial charge on any atom is 0.238 e. The van der Waals surface area contributed by atoms with Gasteiger partial charge < -0.3 is 9.47 Å². The lowest BCUT2D eigenvalue weighted by atomic mass is 9.97. The first-order valence-corrected chi connectivity index (χ1v) is 9.26. The van der Waals surface area contributed by atoms with Gasteiger partial charge in [0.05, 0.1) is 13.0 Å². The van der Waals surface area contributed by atoms with Crippen LogP contribution < -0.4 is 20.7 Å². The van der Waals surface area contributed by atoms with E-state index < -0.39 is 0 Å². The summed E-state index contributed by atoms with van der Waals surface area (Å²) >= 11 is 0. The number of methoxy groups -OCH3 is 1. The third-order valence-corrected chi connectivity index (χ3v) is 4.92. The zero-order valence-electron chi connectivity index (χ0n) is 15.7. The van der Waals surface area contributed by atoms with Crippen LogP contribution in [0.3, 0.4) is 0 Å². The van der Waals surface area contributed by atoms with Crippen molar-refractivity contribution in [2.45, 2.75) is 26.0 Å². The van der Waals surface area contributed by atoms with Crippen LogP contribution >= 0.6 is 0 Å². The van der Waals surface area contributed by atoms with Crippen molar-refractivity contribution in [2.75, 3.05) is 20.2 Å². The number of piperidine rings is 1. The van der Waals surface area contributed by atoms with Crippen LogP contribution in [0, 0.1) is 5.92 Å². The molecule has 1 amide bonds. The largest absolute Gasteiger partial charge is 0.493 e. The smallest absolute Gasteiger partial charge is 0.238 e. The fourth-order valence-electron chi connectivity index (χ4n) is 3.51. The summed E-state index contributed by atoms with van der Waals surface area (Å²) in [6.45, 7) is 2.82. The van der Waals surface area contributed by atoms with Gasteiger partial charge in [-0.05, 0) is 31.0 Å². The van der Waals surface area contributed by atoms with E-state index in [-0.39, 0.29) is 11.8 Å². The number of hydrogen-bond donors (Lipinski definition) is 2. The molecule has 6 nitrogen and oxygen atoms in total. The Labute approximate surface area is 160 Å². The van der Waals surface area contributed by atoms with Crippen LogP contribution in [0.25, 0.3) is 0 Å². The number of ether oxygens (including phenoxy) is 2. The van der Waals surface area contributed by atoms with Gasteiger partial charge in [0.2, 0.25) is 5.91 Å². The molecule has 1 fully saturated rings. The molecule has 1 aliphatic rings. The second kappa shape index (κ2) is 9.39. The van der Waals surface area contributed by atoms with E-state index in [1.807, 2.05) is 42.5 Å². The predicted octanol–water partition coefficient (Wildman–Crippen LogP) is 2.48. The van der Waals surface area contributed by atoms with Crippen LogP contribution in [0.15, 0.2) is 48.5 Å². The number of likely N-dealkylation sites (tertiary alicyclic amines) is 1. The monoisotopic (exact) mass is 369 g/mol. The molecule has 1 saturated heterocycles. The maximum atomic E-state index is 11.9. The molecule has 2 aromatic rings. The predicted molar refractivity (Wildman–Crippen MR) is 104 cm³/mol. The highest BCUT2D eigenvalue weighted by molar-refractivity contribution is 5.78. The van der Waals surface area contributed by atoms with E-state index in [0.29, 0.717) is 19.7 Å². The van der Waals surface area contributed by atoms with Crippen LogP contribution in [0.1, 0.15) is 24.0 Å². The molecule has 1 heterocycles. The van der Waals surface area contributed by atoms with E-state index in [0.717, 1.165) is 42.0 Å². The van der Waals surface area contributed by atoms with Gasteiger partial charge in [-0.25, -0.2) is 5.84 Å². The third kappa shape index (κ3) is 4.99. The number of nitrogens with one attached hydrogen (secondary N) is 1. The topological polar surface area (TPSA) is 76.8 Å². The Hall–Kier alpha value is -2.57. The average Bonchev–Trinajstić information content (AvgIpc) is 2.73. The summed E-state index contributed by atoms with van der Waals surface area (Å²) in [4.78, 5) is 14.2. The van der Waals surface area contributed by atoms with Gasteiger partial charge in [-0.3, -0.25) is 15.1 Å². The number of carbonyl (C=O) groups is 1. The minimum Gasteiger partial charge on any atom is -0.493 e. The molecule has 0 radical (unpaired) electrons. The zero-order chi connectivity index (χ0) is 19.1. The molecule has 0 spiro atoms. The molecule has 144 valence electrons. The summed E-state index contributed by atoms with van der Waals surface area (Å²) in [5.74, 6) is 6.62. The van der Waals surface area contributed by atoms with E-state index in [1.165, 1.54) is 0 Å². The lowest BCUT2D eigenvalue weighted by Crippen LogP contribution is -2.44. The van der Waals surface area contributed by atoms with Crippen molar-refractivity contribution < 1.29 is 14.3 Å². The number of hydrazine groups is 1. The fraction of sp³-hybridized carbons (Fsp3) is 0.381. The Morgan fingerprint density at radius 1 is 1.22 bits per heavy atom. The van der Waals surface area contributed by atoms with E-state index >= 15 is 0 Å². The molecular weight excluding hydrogens is 342 g/mol. The maximum absolute atomic E-state index is 11.9. The Morgan fingerprint density at radius 2 is 2.04 bits per heavy atom. The first kappa shape index (κ1) is 19.2. The molecular formula is C21H27N3O3. The van der Waals surface area contributed by atoms with Gasteiger partial charge in [0, 0.05) is 18.7 Å². The van der Waals surface area contributed by atoms with Crippen molar-refractivity contribution >= 4 is 5.91 Å². The SMILES string of the molecule is COc1cccc(CN2CCCC(C(=O)NN)C2)c1OCc1ccccc1. The highest BCUT2D eigenvalue weighted by atomic mass is 16.5. The standard InChI is InChI=1S/C21H27N3O3/c1-26-19-11-5-9-17(20(19)27-15-16-7-3-2-4-8-16)13-24-12-6-10-18(14-24)21(25)23-22/h2-5,7-9,11,18H,6,10,12-15,22H2,1H3,(H,23,25). The highest BCUT2D eigenvalue weighted by Gasteiger charge is 2.26. The van der Waals surface area contributed by atoms with Gasteiger partial charge in [-0.2, -0.15) is 0 Å². The number of nitrogens with two attached hydrogens (primary N) is 1. The number of hydrogen-bond acceptors (Lipinski definition) is 5. The van der Waals surface area contributed by atoms with Crippen molar-refractivity contribution in [2.24, 2.45) is 11.8 Å². The number of rotatable bonds is 7. The van der Waals surface area contributed by atoms with Crippen LogP contribution in [-0.4, -0.2) is 31.0 Å². The molecule has 3 rings (SSSR count). The van der Waals surface area contributed by atoms with Gasteiger partial charge in [-0.15, -0.1) is 0 Å². The van der Waals surface area contributed by atoms with Crippen LogP contribution in [0.5, 0.6) is 11.5 Å². The molecule has 3 N–H and O–H groups in total. The first-order chi connectivity index (χ1) is 13.2. The van der Waals surface area contributed by atoms with Crippen molar-refractivity contribution in [1.29, 1.82) is 0 Å². The molecule has 0 aliphatic carbocycles.